The number of thioether (sulfide) groups is 1. The predicted octanol–water partition coefficient (Wildman–Crippen LogP) is 3.76. The van der Waals surface area contributed by atoms with E-state index in [0.717, 1.165) is 4.90 Å². The van der Waals surface area contributed by atoms with Gasteiger partial charge in [0, 0.05) is 10.5 Å². The minimum atomic E-state index is -0.162. The standard InChI is InChI=1S/C19H16N2O4S/c22-18-12-26-17-6-5-13(9-16(17)20-18)19(23)21(10-14-3-1-7-24-14)11-15-4-2-8-25-15/h1-9H,10-12H2,(H,20,22). The van der Waals surface area contributed by atoms with Gasteiger partial charge in [0.15, 0.2) is 0 Å². The summed E-state index contributed by atoms with van der Waals surface area (Å²) in [5.74, 6) is 1.54. The van der Waals surface area contributed by atoms with Gasteiger partial charge in [-0.25, -0.2) is 0 Å². The average Bonchev–Trinajstić information content (AvgIpc) is 3.34. The molecule has 4 rings (SSSR count). The molecule has 0 spiro atoms. The van der Waals surface area contributed by atoms with Gasteiger partial charge in [-0.1, -0.05) is 0 Å². The van der Waals surface area contributed by atoms with Crippen molar-refractivity contribution in [1.82, 2.24) is 4.90 Å². The van der Waals surface area contributed by atoms with Gasteiger partial charge in [0.25, 0.3) is 5.91 Å². The number of hydrogen-bond acceptors (Lipinski definition) is 5. The molecule has 0 bridgehead atoms. The lowest BCUT2D eigenvalue weighted by Crippen LogP contribution is -2.30. The molecule has 0 atom stereocenters. The molecule has 26 heavy (non-hydrogen) atoms. The minimum Gasteiger partial charge on any atom is -0.467 e. The Bertz CT molecular complexity index is 883. The fraction of sp³-hybridized carbons (Fsp3) is 0.158. The third-order valence-corrected chi connectivity index (χ3v) is 5.07. The highest BCUT2D eigenvalue weighted by Gasteiger charge is 2.22. The molecule has 3 heterocycles. The van der Waals surface area contributed by atoms with Crippen molar-refractivity contribution in [3.63, 3.8) is 0 Å². The van der Waals surface area contributed by atoms with Gasteiger partial charge in [0.1, 0.15) is 11.5 Å². The van der Waals surface area contributed by atoms with Gasteiger partial charge in [-0.15, -0.1) is 11.8 Å². The molecule has 2 amide bonds. The molecule has 0 aliphatic carbocycles. The lowest BCUT2D eigenvalue weighted by molar-refractivity contribution is -0.113. The number of hydrogen-bond donors (Lipinski definition) is 1. The monoisotopic (exact) mass is 368 g/mol. The van der Waals surface area contributed by atoms with Crippen LogP contribution in [0.25, 0.3) is 0 Å². The summed E-state index contributed by atoms with van der Waals surface area (Å²) in [5, 5.41) is 2.82. The lowest BCUT2D eigenvalue weighted by Gasteiger charge is -2.22. The van der Waals surface area contributed by atoms with Gasteiger partial charge < -0.3 is 19.1 Å². The summed E-state index contributed by atoms with van der Waals surface area (Å²) in [6, 6.07) is 12.6. The first-order valence-corrected chi connectivity index (χ1v) is 9.08. The van der Waals surface area contributed by atoms with Crippen LogP contribution >= 0.6 is 11.8 Å². The SMILES string of the molecule is O=C1CSc2ccc(C(=O)N(Cc3ccco3)Cc3ccco3)cc2N1. The molecular formula is C19H16N2O4S. The van der Waals surface area contributed by atoms with Crippen molar-refractivity contribution in [1.29, 1.82) is 0 Å². The Morgan fingerprint density at radius 2 is 1.77 bits per heavy atom. The minimum absolute atomic E-state index is 0.0601. The van der Waals surface area contributed by atoms with Crippen molar-refractivity contribution < 1.29 is 18.4 Å². The Hall–Kier alpha value is -2.93. The molecule has 0 radical (unpaired) electrons. The van der Waals surface area contributed by atoms with Crippen LogP contribution in [0.4, 0.5) is 5.69 Å². The number of carbonyl (C=O) groups is 2. The first-order valence-electron chi connectivity index (χ1n) is 8.10. The van der Waals surface area contributed by atoms with Crippen LogP contribution in [0.5, 0.6) is 0 Å². The molecule has 0 unspecified atom stereocenters. The normalized spacial score (nSPS) is 13.2. The quantitative estimate of drug-likeness (QED) is 0.742. The number of benzene rings is 1. The zero-order valence-corrected chi connectivity index (χ0v) is 14.6. The van der Waals surface area contributed by atoms with E-state index < -0.39 is 0 Å². The number of carbonyl (C=O) groups excluding carboxylic acids is 2. The van der Waals surface area contributed by atoms with Gasteiger partial charge in [-0.3, -0.25) is 9.59 Å². The number of furan rings is 2. The first-order chi connectivity index (χ1) is 12.7. The Balaban J connectivity index is 1.61. The number of anilines is 1. The second-order valence-electron chi connectivity index (χ2n) is 5.87. The van der Waals surface area contributed by atoms with Crippen molar-refractivity contribution in [3.05, 3.63) is 72.1 Å². The van der Waals surface area contributed by atoms with Crippen LogP contribution < -0.4 is 5.32 Å². The van der Waals surface area contributed by atoms with Gasteiger partial charge >= 0.3 is 0 Å². The average molecular weight is 368 g/mol. The maximum Gasteiger partial charge on any atom is 0.254 e. The Labute approximate surface area is 154 Å². The molecule has 1 aliphatic heterocycles. The number of amides is 2. The molecule has 2 aromatic heterocycles. The highest BCUT2D eigenvalue weighted by molar-refractivity contribution is 8.00. The van der Waals surface area contributed by atoms with E-state index in [4.69, 9.17) is 8.83 Å². The van der Waals surface area contributed by atoms with Crippen molar-refractivity contribution in [2.45, 2.75) is 18.0 Å². The van der Waals surface area contributed by atoms with E-state index in [9.17, 15) is 9.59 Å². The van der Waals surface area contributed by atoms with E-state index >= 15 is 0 Å². The third kappa shape index (κ3) is 3.52. The maximum atomic E-state index is 13.1. The summed E-state index contributed by atoms with van der Waals surface area (Å²) < 4.78 is 10.8. The molecular weight excluding hydrogens is 352 g/mol. The summed E-state index contributed by atoms with van der Waals surface area (Å²) in [7, 11) is 0. The summed E-state index contributed by atoms with van der Waals surface area (Å²) in [6.45, 7) is 0.648. The first kappa shape index (κ1) is 16.5. The van der Waals surface area contributed by atoms with Gasteiger partial charge in [-0.2, -0.15) is 0 Å². The maximum absolute atomic E-state index is 13.1. The summed E-state index contributed by atoms with van der Waals surface area (Å²) in [5.41, 5.74) is 1.18. The van der Waals surface area contributed by atoms with E-state index in [1.165, 1.54) is 11.8 Å². The summed E-state index contributed by atoms with van der Waals surface area (Å²) >= 11 is 1.47. The predicted molar refractivity (Wildman–Crippen MR) is 96.8 cm³/mol. The van der Waals surface area contributed by atoms with Gasteiger partial charge in [0.05, 0.1) is 37.1 Å². The highest BCUT2D eigenvalue weighted by atomic mass is 32.2. The second-order valence-corrected chi connectivity index (χ2v) is 6.88. The fourth-order valence-corrected chi connectivity index (χ4v) is 3.57. The molecule has 1 N–H and O–H groups in total. The van der Waals surface area contributed by atoms with Crippen LogP contribution in [-0.2, 0) is 17.9 Å². The van der Waals surface area contributed by atoms with E-state index in [2.05, 4.69) is 5.32 Å². The molecule has 6 nitrogen and oxygen atoms in total. The summed E-state index contributed by atoms with van der Waals surface area (Å²) in [6.07, 6.45) is 3.16. The molecule has 0 saturated carbocycles. The van der Waals surface area contributed by atoms with Crippen molar-refractivity contribution in [3.8, 4) is 0 Å². The zero-order valence-electron chi connectivity index (χ0n) is 13.8. The Morgan fingerprint density at radius 3 is 2.38 bits per heavy atom. The van der Waals surface area contributed by atoms with Crippen molar-refractivity contribution in [2.24, 2.45) is 0 Å². The second kappa shape index (κ2) is 7.13. The molecule has 0 fully saturated rings. The van der Waals surface area contributed by atoms with Crippen LogP contribution in [0, 0.1) is 0 Å². The van der Waals surface area contributed by atoms with Crippen LogP contribution in [0.3, 0.4) is 0 Å². The zero-order chi connectivity index (χ0) is 17.9. The topological polar surface area (TPSA) is 75.7 Å². The van der Waals surface area contributed by atoms with E-state index in [-0.39, 0.29) is 11.8 Å². The van der Waals surface area contributed by atoms with Crippen LogP contribution in [0.1, 0.15) is 21.9 Å². The molecule has 1 aliphatic rings. The van der Waals surface area contributed by atoms with Crippen molar-refractivity contribution >= 4 is 29.3 Å². The lowest BCUT2D eigenvalue weighted by atomic mass is 10.1. The smallest absolute Gasteiger partial charge is 0.254 e. The Morgan fingerprint density at radius 1 is 1.08 bits per heavy atom. The number of nitrogens with zero attached hydrogens (tertiary/aromatic N) is 1. The number of rotatable bonds is 5. The van der Waals surface area contributed by atoms with E-state index in [1.54, 1.807) is 41.7 Å². The molecule has 3 aromatic rings. The number of nitrogens with one attached hydrogen (secondary N) is 1. The molecule has 1 aromatic carbocycles. The Kier molecular flexibility index (Phi) is 4.53. The fourth-order valence-electron chi connectivity index (χ4n) is 2.78. The number of fused-ring (bicyclic) bond motifs is 1. The van der Waals surface area contributed by atoms with E-state index in [1.807, 2.05) is 18.2 Å². The van der Waals surface area contributed by atoms with Crippen LogP contribution in [0.2, 0.25) is 0 Å². The van der Waals surface area contributed by atoms with Gasteiger partial charge in [0.2, 0.25) is 5.91 Å². The van der Waals surface area contributed by atoms with Crippen molar-refractivity contribution in [2.75, 3.05) is 11.1 Å². The summed E-state index contributed by atoms with van der Waals surface area (Å²) in [4.78, 5) is 27.3. The van der Waals surface area contributed by atoms with Gasteiger partial charge in [-0.05, 0) is 42.5 Å². The van der Waals surface area contributed by atoms with Crippen LogP contribution in [0.15, 0.2) is 68.7 Å². The third-order valence-electron chi connectivity index (χ3n) is 4.00. The molecule has 7 heteroatoms. The largest absolute Gasteiger partial charge is 0.467 e. The molecule has 0 saturated heterocycles. The molecule has 132 valence electrons. The van der Waals surface area contributed by atoms with Crippen LogP contribution in [-0.4, -0.2) is 22.5 Å². The highest BCUT2D eigenvalue weighted by Crippen LogP contribution is 2.32. The van der Waals surface area contributed by atoms with E-state index in [0.29, 0.717) is 41.6 Å².